The predicted octanol–water partition coefficient (Wildman–Crippen LogP) is 4.85. The Hall–Kier alpha value is -4.67. The van der Waals surface area contributed by atoms with Crippen LogP contribution >= 0.6 is 7.82 Å². The number of rotatable bonds is 10. The van der Waals surface area contributed by atoms with Crippen LogP contribution < -0.4 is 13.8 Å². The summed E-state index contributed by atoms with van der Waals surface area (Å²) in [5.74, 6) is -3.05. The number of amides is 1. The summed E-state index contributed by atoms with van der Waals surface area (Å²) >= 11 is 0. The van der Waals surface area contributed by atoms with Gasteiger partial charge in [-0.1, -0.05) is 43.3 Å². The Morgan fingerprint density at radius 2 is 1.46 bits per heavy atom. The zero-order valence-electron chi connectivity index (χ0n) is 21.9. The second-order valence-electron chi connectivity index (χ2n) is 9.45. The quantitative estimate of drug-likeness (QED) is 0.0878. The molecule has 2 aliphatic heterocycles. The molecular formula is C28H25N2O10P. The molecule has 3 aromatic carbocycles. The second kappa shape index (κ2) is 11.1. The molecular weight excluding hydrogens is 555 g/mol. The van der Waals surface area contributed by atoms with Gasteiger partial charge in [-0.2, -0.15) is 4.57 Å². The minimum absolute atomic E-state index is 0.0344. The molecule has 1 saturated heterocycles. The lowest BCUT2D eigenvalue weighted by atomic mass is 9.79. The first-order valence-electron chi connectivity index (χ1n) is 12.6. The SMILES string of the molecule is C[C@@H](O)[C@H]1C(=O)N2C(C(=O)Oc3ccc([N+](=O)[O-])cc3)=C(OP(=O)(Oc3ccccc3)Oc3ccccc3)[C@H](C)[C@H]12. The van der Waals surface area contributed by atoms with Gasteiger partial charge >= 0.3 is 13.8 Å². The predicted molar refractivity (Wildman–Crippen MR) is 144 cm³/mol. The van der Waals surface area contributed by atoms with E-state index in [2.05, 4.69) is 0 Å². The molecule has 1 N–H and O–H groups in total. The van der Waals surface area contributed by atoms with Crippen LogP contribution in [0, 0.1) is 22.0 Å². The van der Waals surface area contributed by atoms with Gasteiger partial charge in [-0.15, -0.1) is 0 Å². The van der Waals surface area contributed by atoms with Crippen LogP contribution in [-0.2, 0) is 18.7 Å². The van der Waals surface area contributed by atoms with E-state index in [1.54, 1.807) is 67.6 Å². The fourth-order valence-electron chi connectivity index (χ4n) is 4.82. The summed E-state index contributed by atoms with van der Waals surface area (Å²) in [5.41, 5.74) is -0.548. The smallest absolute Gasteiger partial charge is 0.422 e. The fraction of sp³-hybridized carbons (Fsp3) is 0.214. The molecule has 1 amide bonds. The van der Waals surface area contributed by atoms with E-state index in [0.29, 0.717) is 0 Å². The van der Waals surface area contributed by atoms with Crippen molar-refractivity contribution < 1.29 is 42.5 Å². The fourth-order valence-corrected chi connectivity index (χ4v) is 6.19. The number of phosphoric ester groups is 1. The summed E-state index contributed by atoms with van der Waals surface area (Å²) in [6.07, 6.45) is -1.04. The highest BCUT2D eigenvalue weighted by molar-refractivity contribution is 7.49. The number of aliphatic hydroxyl groups excluding tert-OH is 1. The van der Waals surface area contributed by atoms with E-state index in [1.165, 1.54) is 19.1 Å². The molecule has 5 rings (SSSR count). The van der Waals surface area contributed by atoms with Gasteiger partial charge in [-0.25, -0.2) is 4.79 Å². The first-order chi connectivity index (χ1) is 19.6. The molecule has 0 aliphatic carbocycles. The number of benzene rings is 3. The lowest BCUT2D eigenvalue weighted by Gasteiger charge is -2.46. The van der Waals surface area contributed by atoms with Gasteiger partial charge in [-0.3, -0.25) is 19.8 Å². The van der Waals surface area contributed by atoms with Crippen LogP contribution in [0.3, 0.4) is 0 Å². The van der Waals surface area contributed by atoms with Crippen molar-refractivity contribution >= 4 is 25.4 Å². The average Bonchev–Trinajstić information content (AvgIpc) is 3.17. The number of esters is 1. The Bertz CT molecular complexity index is 1500. The Labute approximate surface area is 234 Å². The molecule has 1 fully saturated rings. The van der Waals surface area contributed by atoms with Crippen molar-refractivity contribution in [1.29, 1.82) is 0 Å². The van der Waals surface area contributed by atoms with Gasteiger partial charge in [0, 0.05) is 18.1 Å². The third-order valence-electron chi connectivity index (χ3n) is 6.69. The molecule has 0 spiro atoms. The van der Waals surface area contributed by atoms with E-state index >= 15 is 0 Å². The van der Waals surface area contributed by atoms with E-state index in [9.17, 15) is 29.4 Å². The highest BCUT2D eigenvalue weighted by atomic mass is 31.2. The van der Waals surface area contributed by atoms with Crippen LogP contribution in [-0.4, -0.2) is 39.0 Å². The highest BCUT2D eigenvalue weighted by Gasteiger charge is 2.62. The van der Waals surface area contributed by atoms with Gasteiger partial charge in [-0.05, 0) is 43.3 Å². The van der Waals surface area contributed by atoms with Gasteiger partial charge in [0.05, 0.1) is 23.0 Å². The number of carbonyl (C=O) groups is 2. The molecule has 41 heavy (non-hydrogen) atoms. The Morgan fingerprint density at radius 3 is 1.95 bits per heavy atom. The average molecular weight is 580 g/mol. The molecule has 4 atom stereocenters. The molecule has 12 nitrogen and oxygen atoms in total. The van der Waals surface area contributed by atoms with E-state index in [1.807, 2.05) is 0 Å². The number of hydrogen-bond donors (Lipinski definition) is 1. The normalized spacial score (nSPS) is 20.5. The Morgan fingerprint density at radius 1 is 0.927 bits per heavy atom. The molecule has 2 aliphatic rings. The van der Waals surface area contributed by atoms with Crippen molar-refractivity contribution in [3.63, 3.8) is 0 Å². The standard InChI is InChI=1S/C28H25N2O10P/c1-17-24-23(18(2)31)27(32)29(24)25(28(33)37-20-15-13-19(14-16-20)30(34)35)26(17)40-41(36,38-21-9-5-3-6-10-21)39-22-11-7-4-8-12-22/h3-18,23-24,31H,1-2H3/t17-,18-,23-,24-/m1/s1. The van der Waals surface area contributed by atoms with Crippen LogP contribution in [0.15, 0.2) is 96.4 Å². The largest absolute Gasteiger partial charge is 0.646 e. The zero-order chi connectivity index (χ0) is 29.3. The first kappa shape index (κ1) is 27.9. The van der Waals surface area contributed by atoms with Gasteiger partial charge < -0.3 is 23.4 Å². The number of nitro groups is 1. The van der Waals surface area contributed by atoms with E-state index in [4.69, 9.17) is 18.3 Å². The number of ether oxygens (including phenoxy) is 1. The number of hydrogen-bond acceptors (Lipinski definition) is 10. The maximum Gasteiger partial charge on any atom is 0.646 e. The minimum Gasteiger partial charge on any atom is -0.422 e. The van der Waals surface area contributed by atoms with Crippen molar-refractivity contribution in [3.05, 3.63) is 106 Å². The molecule has 0 bridgehead atoms. The van der Waals surface area contributed by atoms with Crippen LogP contribution in [0.25, 0.3) is 0 Å². The molecule has 0 radical (unpaired) electrons. The number of nitro benzene ring substituents is 1. The number of carbonyl (C=O) groups excluding carboxylic acids is 2. The molecule has 0 unspecified atom stereocenters. The minimum atomic E-state index is -4.56. The maximum absolute atomic E-state index is 14.1. The molecule has 0 saturated carbocycles. The van der Waals surface area contributed by atoms with Crippen LogP contribution in [0.1, 0.15) is 13.8 Å². The summed E-state index contributed by atoms with van der Waals surface area (Å²) in [6, 6.07) is 20.3. The zero-order valence-corrected chi connectivity index (χ0v) is 22.7. The third kappa shape index (κ3) is 5.52. The second-order valence-corrected chi connectivity index (χ2v) is 10.9. The van der Waals surface area contributed by atoms with Crippen molar-refractivity contribution in [1.82, 2.24) is 4.90 Å². The summed E-state index contributed by atoms with van der Waals surface area (Å²) in [5, 5.41) is 21.2. The lowest BCUT2D eigenvalue weighted by molar-refractivity contribution is -0.384. The topological polar surface area (TPSA) is 155 Å². The summed E-state index contributed by atoms with van der Waals surface area (Å²) in [6.45, 7) is 3.11. The molecule has 3 aromatic rings. The van der Waals surface area contributed by atoms with E-state index in [-0.39, 0.29) is 34.4 Å². The summed E-state index contributed by atoms with van der Waals surface area (Å²) in [7, 11) is -4.56. The van der Waals surface area contributed by atoms with Crippen molar-refractivity contribution in [2.24, 2.45) is 11.8 Å². The number of aliphatic hydroxyl groups is 1. The summed E-state index contributed by atoms with van der Waals surface area (Å²) in [4.78, 5) is 38.1. The maximum atomic E-state index is 14.1. The highest BCUT2D eigenvalue weighted by Crippen LogP contribution is 2.57. The van der Waals surface area contributed by atoms with Crippen molar-refractivity contribution in [2.75, 3.05) is 0 Å². The van der Waals surface area contributed by atoms with E-state index in [0.717, 1.165) is 17.0 Å². The van der Waals surface area contributed by atoms with Gasteiger partial charge in [0.1, 0.15) is 23.0 Å². The van der Waals surface area contributed by atoms with Crippen LogP contribution in [0.2, 0.25) is 0 Å². The lowest BCUT2D eigenvalue weighted by Crippen LogP contribution is -2.63. The van der Waals surface area contributed by atoms with Crippen LogP contribution in [0.5, 0.6) is 17.2 Å². The van der Waals surface area contributed by atoms with Crippen molar-refractivity contribution in [2.45, 2.75) is 26.0 Å². The number of non-ortho nitro benzene ring substituents is 1. The number of para-hydroxylation sites is 2. The van der Waals surface area contributed by atoms with Gasteiger partial charge in [0.15, 0.2) is 5.70 Å². The third-order valence-corrected chi connectivity index (χ3v) is 7.98. The van der Waals surface area contributed by atoms with Gasteiger partial charge in [0.2, 0.25) is 5.91 Å². The number of β-lactam (4-membered cyclic amide) rings is 1. The van der Waals surface area contributed by atoms with Gasteiger partial charge in [0.25, 0.3) is 5.69 Å². The molecule has 0 aromatic heterocycles. The molecule has 2 heterocycles. The molecule has 212 valence electrons. The number of phosphoric acid groups is 1. The monoisotopic (exact) mass is 580 g/mol. The molecule has 13 heteroatoms. The Kier molecular flexibility index (Phi) is 7.53. The van der Waals surface area contributed by atoms with Crippen molar-refractivity contribution in [3.8, 4) is 17.2 Å². The van der Waals surface area contributed by atoms with E-state index < -0.39 is 48.6 Å². The van der Waals surface area contributed by atoms with Crippen LogP contribution in [0.4, 0.5) is 5.69 Å². The Balaban J connectivity index is 1.53. The first-order valence-corrected chi connectivity index (χ1v) is 14.0. The number of fused-ring (bicyclic) bond motifs is 1. The summed E-state index contributed by atoms with van der Waals surface area (Å²) < 4.78 is 36.9. The number of nitrogens with zero attached hydrogens (tertiary/aromatic N) is 2.